The molecule has 9 heteroatoms. The van der Waals surface area contributed by atoms with Gasteiger partial charge in [-0.2, -0.15) is 13.2 Å². The average Bonchev–Trinajstić information content (AvgIpc) is 2.60. The number of carbonyl (C=O) groups excluding carboxylic acids is 1. The Kier molecular flexibility index (Phi) is 6.25. The minimum absolute atomic E-state index is 0.145. The maximum Gasteiger partial charge on any atom is 0.416 e. The summed E-state index contributed by atoms with van der Waals surface area (Å²) in [5.74, 6) is -0.479. The molecule has 2 aromatic carbocycles. The molecule has 2 aromatic rings. The Morgan fingerprint density at radius 3 is 2.38 bits per heavy atom. The number of carbonyl (C=O) groups is 1. The van der Waals surface area contributed by atoms with Gasteiger partial charge < -0.3 is 5.32 Å². The van der Waals surface area contributed by atoms with Crippen LogP contribution < -0.4 is 5.32 Å². The highest BCUT2D eigenvalue weighted by molar-refractivity contribution is 7.98. The van der Waals surface area contributed by atoms with E-state index in [-0.39, 0.29) is 17.8 Å². The standard InChI is InChI=1S/C17H15F3N2O3S/c1-26-15-7-4-12(10-14(15)22(24)25)16(23)21-9-8-11-2-5-13(6-3-11)17(18,19)20/h2-7,10H,8-9H2,1H3,(H,21,23). The molecule has 5 nitrogen and oxygen atoms in total. The predicted molar refractivity (Wildman–Crippen MR) is 92.4 cm³/mol. The van der Waals surface area contributed by atoms with E-state index in [9.17, 15) is 28.1 Å². The average molecular weight is 384 g/mol. The summed E-state index contributed by atoms with van der Waals surface area (Å²) in [7, 11) is 0. The SMILES string of the molecule is CSc1ccc(C(=O)NCCc2ccc(C(F)(F)F)cc2)cc1[N+](=O)[O-]. The van der Waals surface area contributed by atoms with Crippen LogP contribution in [0.15, 0.2) is 47.4 Å². The Labute approximate surface area is 151 Å². The zero-order valence-electron chi connectivity index (χ0n) is 13.7. The maximum absolute atomic E-state index is 12.5. The smallest absolute Gasteiger partial charge is 0.352 e. The number of alkyl halides is 3. The first-order valence-corrected chi connectivity index (χ1v) is 8.71. The molecule has 138 valence electrons. The minimum Gasteiger partial charge on any atom is -0.352 e. The number of hydrogen-bond acceptors (Lipinski definition) is 4. The molecule has 0 aliphatic carbocycles. The highest BCUT2D eigenvalue weighted by Crippen LogP contribution is 2.29. The molecule has 0 saturated heterocycles. The Morgan fingerprint density at radius 1 is 1.19 bits per heavy atom. The van der Waals surface area contributed by atoms with Crippen LogP contribution in [0.1, 0.15) is 21.5 Å². The lowest BCUT2D eigenvalue weighted by Crippen LogP contribution is -2.25. The highest BCUT2D eigenvalue weighted by Gasteiger charge is 2.29. The molecular weight excluding hydrogens is 369 g/mol. The topological polar surface area (TPSA) is 72.2 Å². The van der Waals surface area contributed by atoms with E-state index in [1.807, 2.05) is 0 Å². The van der Waals surface area contributed by atoms with Gasteiger partial charge >= 0.3 is 6.18 Å². The number of benzene rings is 2. The van der Waals surface area contributed by atoms with Crippen molar-refractivity contribution in [2.24, 2.45) is 0 Å². The molecule has 2 rings (SSSR count). The Balaban J connectivity index is 1.97. The van der Waals surface area contributed by atoms with Crippen LogP contribution in [-0.4, -0.2) is 23.6 Å². The predicted octanol–water partition coefficient (Wildman–Crippen LogP) is 4.31. The number of nitrogens with zero attached hydrogens (tertiary/aromatic N) is 1. The summed E-state index contributed by atoms with van der Waals surface area (Å²) >= 11 is 1.21. The molecule has 0 atom stereocenters. The van der Waals surface area contributed by atoms with Crippen LogP contribution >= 0.6 is 11.8 Å². The van der Waals surface area contributed by atoms with E-state index < -0.39 is 22.6 Å². The van der Waals surface area contributed by atoms with Gasteiger partial charge in [-0.3, -0.25) is 14.9 Å². The van der Waals surface area contributed by atoms with Crippen molar-refractivity contribution >= 4 is 23.4 Å². The van der Waals surface area contributed by atoms with Crippen LogP contribution in [0.25, 0.3) is 0 Å². The van der Waals surface area contributed by atoms with E-state index in [1.54, 1.807) is 6.26 Å². The van der Waals surface area contributed by atoms with Gasteiger partial charge in [0.15, 0.2) is 0 Å². The van der Waals surface area contributed by atoms with E-state index in [0.717, 1.165) is 12.1 Å². The molecule has 0 bridgehead atoms. The number of thioether (sulfide) groups is 1. The van der Waals surface area contributed by atoms with Crippen LogP contribution in [0.3, 0.4) is 0 Å². The summed E-state index contributed by atoms with van der Waals surface area (Å²) in [6.45, 7) is 0.197. The second kappa shape index (κ2) is 8.22. The second-order valence-corrected chi connectivity index (χ2v) is 6.19. The van der Waals surface area contributed by atoms with E-state index >= 15 is 0 Å². The molecule has 0 aliphatic rings. The van der Waals surface area contributed by atoms with Crippen molar-refractivity contribution in [3.8, 4) is 0 Å². The fraction of sp³-hybridized carbons (Fsp3) is 0.235. The largest absolute Gasteiger partial charge is 0.416 e. The Bertz CT molecular complexity index is 808. The van der Waals surface area contributed by atoms with Crippen molar-refractivity contribution in [1.29, 1.82) is 0 Å². The van der Waals surface area contributed by atoms with Gasteiger partial charge in [0.2, 0.25) is 0 Å². The lowest BCUT2D eigenvalue weighted by molar-refractivity contribution is -0.387. The van der Waals surface area contributed by atoms with Crippen LogP contribution in [0, 0.1) is 10.1 Å². The molecular formula is C17H15F3N2O3S. The Hall–Kier alpha value is -2.55. The Morgan fingerprint density at radius 2 is 1.85 bits per heavy atom. The highest BCUT2D eigenvalue weighted by atomic mass is 32.2. The first kappa shape index (κ1) is 19.8. The summed E-state index contributed by atoms with van der Waals surface area (Å²) in [4.78, 5) is 23.0. The number of nitro groups is 1. The van der Waals surface area contributed by atoms with Crippen LogP contribution in [0.2, 0.25) is 0 Å². The van der Waals surface area contributed by atoms with Gasteiger partial charge in [-0.25, -0.2) is 0 Å². The van der Waals surface area contributed by atoms with Gasteiger partial charge in [-0.05, 0) is 42.5 Å². The van der Waals surface area contributed by atoms with E-state index in [0.29, 0.717) is 16.9 Å². The first-order valence-electron chi connectivity index (χ1n) is 7.49. The van der Waals surface area contributed by atoms with Crippen molar-refractivity contribution in [3.05, 3.63) is 69.3 Å². The van der Waals surface area contributed by atoms with Crippen molar-refractivity contribution in [3.63, 3.8) is 0 Å². The van der Waals surface area contributed by atoms with Gasteiger partial charge in [0.25, 0.3) is 11.6 Å². The molecule has 0 radical (unpaired) electrons. The molecule has 1 N–H and O–H groups in total. The van der Waals surface area contributed by atoms with Gasteiger partial charge in [-0.15, -0.1) is 11.8 Å². The molecule has 1 amide bonds. The third-order valence-electron chi connectivity index (χ3n) is 3.62. The molecule has 26 heavy (non-hydrogen) atoms. The lowest BCUT2D eigenvalue weighted by atomic mass is 10.1. The summed E-state index contributed by atoms with van der Waals surface area (Å²) in [6, 6.07) is 8.89. The van der Waals surface area contributed by atoms with Crippen LogP contribution in [0.5, 0.6) is 0 Å². The number of rotatable bonds is 6. The fourth-order valence-electron chi connectivity index (χ4n) is 2.26. The number of halogens is 3. The van der Waals surface area contributed by atoms with Gasteiger partial charge in [0.1, 0.15) is 0 Å². The molecule has 0 fully saturated rings. The zero-order valence-corrected chi connectivity index (χ0v) is 14.5. The number of amides is 1. The molecule has 0 spiro atoms. The number of nitro benzene ring substituents is 1. The number of hydrogen-bond donors (Lipinski definition) is 1. The third kappa shape index (κ3) is 4.98. The minimum atomic E-state index is -4.38. The fourth-order valence-corrected chi connectivity index (χ4v) is 2.80. The molecule has 0 aliphatic heterocycles. The summed E-state index contributed by atoms with van der Waals surface area (Å²) in [5, 5.41) is 13.6. The summed E-state index contributed by atoms with van der Waals surface area (Å²) in [5.41, 5.74) is -0.0803. The van der Waals surface area contributed by atoms with Gasteiger partial charge in [0, 0.05) is 18.2 Å². The summed E-state index contributed by atoms with van der Waals surface area (Å²) in [6.07, 6.45) is -2.34. The van der Waals surface area contributed by atoms with E-state index in [4.69, 9.17) is 0 Å². The number of nitrogens with one attached hydrogen (secondary N) is 1. The van der Waals surface area contributed by atoms with Gasteiger partial charge in [-0.1, -0.05) is 12.1 Å². The monoisotopic (exact) mass is 384 g/mol. The molecule has 0 aromatic heterocycles. The van der Waals surface area contributed by atoms with Gasteiger partial charge in [0.05, 0.1) is 15.4 Å². The normalized spacial score (nSPS) is 11.2. The maximum atomic E-state index is 12.5. The first-order chi connectivity index (χ1) is 12.2. The van der Waals surface area contributed by atoms with Crippen molar-refractivity contribution in [2.45, 2.75) is 17.5 Å². The zero-order chi connectivity index (χ0) is 19.3. The molecule has 0 heterocycles. The van der Waals surface area contributed by atoms with E-state index in [2.05, 4.69) is 5.32 Å². The molecule has 0 saturated carbocycles. The quantitative estimate of drug-likeness (QED) is 0.458. The van der Waals surface area contributed by atoms with Crippen LogP contribution in [0.4, 0.5) is 18.9 Å². The van der Waals surface area contributed by atoms with Crippen LogP contribution in [-0.2, 0) is 12.6 Å². The third-order valence-corrected chi connectivity index (χ3v) is 4.40. The van der Waals surface area contributed by atoms with Crippen molar-refractivity contribution in [1.82, 2.24) is 5.32 Å². The molecule has 0 unspecified atom stereocenters. The van der Waals surface area contributed by atoms with E-state index in [1.165, 1.54) is 42.1 Å². The lowest BCUT2D eigenvalue weighted by Gasteiger charge is -2.09. The van der Waals surface area contributed by atoms with Crippen molar-refractivity contribution < 1.29 is 22.9 Å². The summed E-state index contributed by atoms with van der Waals surface area (Å²) < 4.78 is 37.5. The van der Waals surface area contributed by atoms with Crippen molar-refractivity contribution in [2.75, 3.05) is 12.8 Å². The second-order valence-electron chi connectivity index (χ2n) is 5.34.